The normalized spacial score (nSPS) is 23.5. The van der Waals surface area contributed by atoms with Gasteiger partial charge in [0, 0.05) is 0 Å². The monoisotopic (exact) mass is 546 g/mol. The van der Waals surface area contributed by atoms with Crippen LogP contribution in [0.5, 0.6) is 5.75 Å². The molecule has 4 rings (SSSR count). The fourth-order valence-corrected chi connectivity index (χ4v) is 6.36. The summed E-state index contributed by atoms with van der Waals surface area (Å²) in [5.41, 5.74) is 1.19. The molecule has 2 aromatic heterocycles. The number of ether oxygens (including phenoxy) is 1. The van der Waals surface area contributed by atoms with Crippen LogP contribution in [0.2, 0.25) is 0 Å². The zero-order valence-electron chi connectivity index (χ0n) is 23.9. The number of thiophene rings is 1. The number of hydrazine groups is 1. The van der Waals surface area contributed by atoms with Crippen molar-refractivity contribution in [2.45, 2.75) is 91.2 Å². The van der Waals surface area contributed by atoms with E-state index < -0.39 is 5.97 Å². The van der Waals surface area contributed by atoms with E-state index in [1.807, 2.05) is 23.2 Å². The fraction of sp³-hybridized carbons (Fsp3) is 0.581. The Bertz CT molecular complexity index is 1200. The molecule has 2 aliphatic carbocycles. The molecule has 2 fully saturated rings. The van der Waals surface area contributed by atoms with Gasteiger partial charge in [-0.25, -0.2) is 0 Å². The van der Waals surface area contributed by atoms with Crippen LogP contribution in [0, 0.1) is 29.1 Å². The first-order valence-electron chi connectivity index (χ1n) is 14.1. The molecule has 0 atom stereocenters. The Labute approximate surface area is 238 Å². The topological polar surface area (TPSA) is 65.9 Å². The molecule has 2 aliphatic rings. The minimum absolute atomic E-state index is 0.142. The van der Waals surface area contributed by atoms with Crippen molar-refractivity contribution in [1.82, 2.24) is 9.99 Å². The van der Waals surface area contributed by atoms with E-state index in [1.165, 1.54) is 11.3 Å². The van der Waals surface area contributed by atoms with E-state index in [0.717, 1.165) is 67.6 Å². The Morgan fingerprint density at radius 1 is 1.15 bits per heavy atom. The molecule has 0 aromatic carbocycles. The molecule has 1 N–H and O–H groups in total. The molecular formula is C31H41BN3O3S. The number of aromatic carboxylic acids is 1. The van der Waals surface area contributed by atoms with Crippen molar-refractivity contribution in [3.8, 4) is 17.6 Å². The third-order valence-corrected chi connectivity index (χ3v) is 8.83. The van der Waals surface area contributed by atoms with Crippen molar-refractivity contribution in [1.29, 1.82) is 0 Å². The molecule has 39 heavy (non-hydrogen) atoms. The van der Waals surface area contributed by atoms with E-state index in [2.05, 4.69) is 56.6 Å². The number of carboxylic acid groups (broad SMARTS) is 1. The molecule has 2 saturated carbocycles. The van der Waals surface area contributed by atoms with Gasteiger partial charge in [0.1, 0.15) is 0 Å². The summed E-state index contributed by atoms with van der Waals surface area (Å²) in [5, 5.41) is 14.4. The van der Waals surface area contributed by atoms with Gasteiger partial charge in [-0.1, -0.05) is 0 Å². The summed E-state index contributed by atoms with van der Waals surface area (Å²) in [6.45, 7) is 8.45. The summed E-state index contributed by atoms with van der Waals surface area (Å²) in [4.78, 5) is 17.6. The molecule has 0 aliphatic heterocycles. The second-order valence-corrected chi connectivity index (χ2v) is 13.2. The number of pyridine rings is 1. The Morgan fingerprint density at radius 2 is 1.85 bits per heavy atom. The van der Waals surface area contributed by atoms with Crippen LogP contribution >= 0.6 is 11.3 Å². The van der Waals surface area contributed by atoms with Crippen molar-refractivity contribution in [3.63, 3.8) is 0 Å². The Hall–Kier alpha value is -2.63. The third-order valence-electron chi connectivity index (χ3n) is 7.80. The Morgan fingerprint density at radius 3 is 2.44 bits per heavy atom. The van der Waals surface area contributed by atoms with Crippen molar-refractivity contribution in [2.75, 3.05) is 12.1 Å². The van der Waals surface area contributed by atoms with Crippen LogP contribution in [-0.2, 0) is 0 Å². The summed E-state index contributed by atoms with van der Waals surface area (Å²) in [5.74, 6) is 7.24. The van der Waals surface area contributed by atoms with Crippen molar-refractivity contribution in [3.05, 3.63) is 40.3 Å². The molecule has 0 bridgehead atoms. The molecule has 0 amide bonds. The fourth-order valence-electron chi connectivity index (χ4n) is 5.53. The van der Waals surface area contributed by atoms with E-state index >= 15 is 0 Å². The summed E-state index contributed by atoms with van der Waals surface area (Å²) in [7, 11) is 9.02. The number of nitrogens with zero attached hydrogens (tertiary/aromatic N) is 3. The standard InChI is InChI=1S/C31H41BN3O3S/c1-21-8-10-22(11-9-21)29(32)35(27-19-26(16-17-31(2,3)4)39-28(27)30(36)37)34(5)23-12-14-24(15-13-23)38-25-7-6-18-33-20-25/h6-7,18-24H,8-15H2,1-5H3,(H,36,37). The van der Waals surface area contributed by atoms with Gasteiger partial charge in [0.05, 0.1) is 0 Å². The first kappa shape index (κ1) is 29.4. The molecule has 2 heterocycles. The summed E-state index contributed by atoms with van der Waals surface area (Å²) < 4.78 is 6.17. The van der Waals surface area contributed by atoms with Crippen LogP contribution in [0.15, 0.2) is 30.6 Å². The Balaban J connectivity index is 1.60. The van der Waals surface area contributed by atoms with Crippen molar-refractivity contribution < 1.29 is 14.6 Å². The zero-order valence-corrected chi connectivity index (χ0v) is 24.8. The van der Waals surface area contributed by atoms with Gasteiger partial charge in [-0.3, -0.25) is 0 Å². The molecule has 6 nitrogen and oxygen atoms in total. The van der Waals surface area contributed by atoms with Crippen LogP contribution in [0.1, 0.15) is 93.6 Å². The molecular weight excluding hydrogens is 505 g/mol. The number of hydrogen-bond acceptors (Lipinski definition) is 6. The minimum atomic E-state index is -0.948. The van der Waals surface area contributed by atoms with Gasteiger partial charge in [-0.05, 0) is 0 Å². The maximum absolute atomic E-state index is 12.4. The number of anilines is 1. The van der Waals surface area contributed by atoms with Gasteiger partial charge in [0.25, 0.3) is 0 Å². The van der Waals surface area contributed by atoms with Crippen molar-refractivity contribution >= 4 is 36.1 Å². The van der Waals surface area contributed by atoms with Crippen LogP contribution < -0.4 is 9.75 Å². The quantitative estimate of drug-likeness (QED) is 0.235. The molecule has 2 aromatic rings. The average molecular weight is 547 g/mol. The number of carbonyl (C=O) groups is 1. The molecule has 207 valence electrons. The van der Waals surface area contributed by atoms with Crippen LogP contribution in [0.3, 0.4) is 0 Å². The molecule has 0 unspecified atom stereocenters. The number of rotatable bonds is 8. The van der Waals surface area contributed by atoms with Gasteiger partial charge < -0.3 is 0 Å². The van der Waals surface area contributed by atoms with E-state index in [0.29, 0.717) is 11.6 Å². The van der Waals surface area contributed by atoms with Gasteiger partial charge in [-0.2, -0.15) is 0 Å². The van der Waals surface area contributed by atoms with E-state index in [1.54, 1.807) is 12.4 Å². The van der Waals surface area contributed by atoms with Gasteiger partial charge in [0.2, 0.25) is 0 Å². The first-order chi connectivity index (χ1) is 18.5. The van der Waals surface area contributed by atoms with Gasteiger partial charge in [-0.15, -0.1) is 0 Å². The van der Waals surface area contributed by atoms with E-state index in [4.69, 9.17) is 12.2 Å². The second kappa shape index (κ2) is 12.7. The third kappa shape index (κ3) is 7.73. The predicted molar refractivity (Wildman–Crippen MR) is 161 cm³/mol. The zero-order chi connectivity index (χ0) is 28.2. The van der Waals surface area contributed by atoms with Crippen molar-refractivity contribution in [2.24, 2.45) is 17.3 Å². The molecule has 0 spiro atoms. The molecule has 1 radical (unpaired) electrons. The number of aromatic nitrogens is 1. The van der Waals surface area contributed by atoms with E-state index in [-0.39, 0.29) is 28.4 Å². The summed E-state index contributed by atoms with van der Waals surface area (Å²) in [6, 6.07) is 5.96. The average Bonchev–Trinajstić information content (AvgIpc) is 3.33. The Kier molecular flexibility index (Phi) is 9.56. The predicted octanol–water partition coefficient (Wildman–Crippen LogP) is 6.41. The van der Waals surface area contributed by atoms with Gasteiger partial charge in [0.15, 0.2) is 0 Å². The first-order valence-corrected chi connectivity index (χ1v) is 15.0. The molecule has 0 saturated heterocycles. The second-order valence-electron chi connectivity index (χ2n) is 12.1. The SMILES string of the molecule is [B]=C(C1CCC(C)CC1)N(c1cc(C#CC(C)(C)C)sc1C(=O)O)N(C)C1CCC(Oc2cccnc2)CC1. The van der Waals surface area contributed by atoms with Crippen LogP contribution in [0.4, 0.5) is 5.69 Å². The summed E-state index contributed by atoms with van der Waals surface area (Å²) in [6.07, 6.45) is 11.6. The number of carboxylic acids is 1. The number of hydrogen-bond donors (Lipinski definition) is 1. The van der Waals surface area contributed by atoms with E-state index in [9.17, 15) is 9.90 Å². The molecule has 8 heteroatoms. The van der Waals surface area contributed by atoms with Crippen LogP contribution in [-0.4, -0.2) is 53.3 Å². The summed E-state index contributed by atoms with van der Waals surface area (Å²) >= 11 is 1.23. The van der Waals surface area contributed by atoms with Crippen LogP contribution in [0.25, 0.3) is 0 Å². The maximum atomic E-state index is 12.4. The van der Waals surface area contributed by atoms with Gasteiger partial charge >= 0.3 is 239 Å².